The van der Waals surface area contributed by atoms with Gasteiger partial charge in [0.05, 0.1) is 36.6 Å². The van der Waals surface area contributed by atoms with Gasteiger partial charge in [0.2, 0.25) is 11.8 Å². The standard InChI is InChI=1S/C19H22ClN3O3/c1-13-8-9-17(26-3)16(10-13)22-19(25)12-23(2)11-18(24)21-15-7-5-4-6-14(15)20/h4-10H,11-12H2,1-3H3,(H,21,24)(H,22,25). The van der Waals surface area contributed by atoms with E-state index in [4.69, 9.17) is 16.3 Å². The van der Waals surface area contributed by atoms with Crippen molar-refractivity contribution in [2.24, 2.45) is 0 Å². The topological polar surface area (TPSA) is 70.7 Å². The maximum absolute atomic E-state index is 12.2. The Hall–Kier alpha value is -2.57. The summed E-state index contributed by atoms with van der Waals surface area (Å²) < 4.78 is 5.24. The van der Waals surface area contributed by atoms with Gasteiger partial charge in [-0.1, -0.05) is 29.8 Å². The number of para-hydroxylation sites is 1. The first-order chi connectivity index (χ1) is 12.4. The molecule has 2 aromatic carbocycles. The molecule has 26 heavy (non-hydrogen) atoms. The monoisotopic (exact) mass is 375 g/mol. The molecule has 2 rings (SSSR count). The van der Waals surface area contributed by atoms with Crippen LogP contribution in [0.1, 0.15) is 5.56 Å². The number of rotatable bonds is 7. The number of nitrogens with zero attached hydrogens (tertiary/aromatic N) is 1. The van der Waals surface area contributed by atoms with Gasteiger partial charge in [-0.3, -0.25) is 14.5 Å². The predicted octanol–water partition coefficient (Wildman–Crippen LogP) is 3.17. The fourth-order valence-electron chi connectivity index (χ4n) is 2.41. The van der Waals surface area contributed by atoms with Gasteiger partial charge in [0.15, 0.2) is 0 Å². The van der Waals surface area contributed by atoms with E-state index in [1.54, 1.807) is 49.4 Å². The molecule has 0 saturated carbocycles. The van der Waals surface area contributed by atoms with E-state index in [1.807, 2.05) is 19.1 Å². The summed E-state index contributed by atoms with van der Waals surface area (Å²) in [7, 11) is 3.24. The number of methoxy groups -OCH3 is 1. The molecular weight excluding hydrogens is 354 g/mol. The van der Waals surface area contributed by atoms with E-state index in [2.05, 4.69) is 10.6 Å². The summed E-state index contributed by atoms with van der Waals surface area (Å²) in [5, 5.41) is 6.00. The molecule has 0 atom stereocenters. The molecule has 2 N–H and O–H groups in total. The fraction of sp³-hybridized carbons (Fsp3) is 0.263. The fourth-order valence-corrected chi connectivity index (χ4v) is 2.59. The predicted molar refractivity (Wildman–Crippen MR) is 104 cm³/mol. The van der Waals surface area contributed by atoms with Crippen LogP contribution in [0.25, 0.3) is 0 Å². The highest BCUT2D eigenvalue weighted by Gasteiger charge is 2.13. The second-order valence-electron chi connectivity index (χ2n) is 5.95. The molecule has 0 aliphatic carbocycles. The van der Waals surface area contributed by atoms with Gasteiger partial charge in [0.25, 0.3) is 0 Å². The highest BCUT2D eigenvalue weighted by atomic mass is 35.5. The second kappa shape index (κ2) is 9.22. The zero-order valence-corrected chi connectivity index (χ0v) is 15.8. The van der Waals surface area contributed by atoms with Crippen molar-refractivity contribution in [3.05, 3.63) is 53.1 Å². The molecule has 0 bridgehead atoms. The number of ether oxygens (including phenoxy) is 1. The summed E-state index contributed by atoms with van der Waals surface area (Å²) in [5.41, 5.74) is 2.15. The van der Waals surface area contributed by atoms with Crippen LogP contribution in [0.15, 0.2) is 42.5 Å². The number of carbonyl (C=O) groups excluding carboxylic acids is 2. The Balaban J connectivity index is 1.88. The lowest BCUT2D eigenvalue weighted by Crippen LogP contribution is -2.36. The van der Waals surface area contributed by atoms with Crippen LogP contribution in [0.2, 0.25) is 5.02 Å². The average Bonchev–Trinajstić information content (AvgIpc) is 2.56. The first-order valence-electron chi connectivity index (χ1n) is 8.06. The molecule has 7 heteroatoms. The summed E-state index contributed by atoms with van der Waals surface area (Å²) in [6.45, 7) is 2.05. The Labute approximate surface area is 158 Å². The third-order valence-electron chi connectivity index (χ3n) is 3.60. The van der Waals surface area contributed by atoms with Gasteiger partial charge in [-0.15, -0.1) is 0 Å². The number of amides is 2. The van der Waals surface area contributed by atoms with Gasteiger partial charge in [0.1, 0.15) is 5.75 Å². The minimum atomic E-state index is -0.249. The molecule has 2 aromatic rings. The van der Waals surface area contributed by atoms with Crippen LogP contribution in [0, 0.1) is 6.92 Å². The minimum Gasteiger partial charge on any atom is -0.495 e. The van der Waals surface area contributed by atoms with Crippen molar-refractivity contribution in [1.29, 1.82) is 0 Å². The lowest BCUT2D eigenvalue weighted by molar-refractivity contribution is -0.119. The molecule has 0 spiro atoms. The molecule has 0 aromatic heterocycles. The van der Waals surface area contributed by atoms with Crippen LogP contribution in [-0.2, 0) is 9.59 Å². The third-order valence-corrected chi connectivity index (χ3v) is 3.93. The van der Waals surface area contributed by atoms with E-state index in [-0.39, 0.29) is 24.9 Å². The van der Waals surface area contributed by atoms with Crippen LogP contribution < -0.4 is 15.4 Å². The Morgan fingerprint density at radius 3 is 2.27 bits per heavy atom. The molecule has 0 saturated heterocycles. The van der Waals surface area contributed by atoms with Crippen molar-refractivity contribution in [3.8, 4) is 5.75 Å². The third kappa shape index (κ3) is 5.75. The van der Waals surface area contributed by atoms with Gasteiger partial charge in [-0.05, 0) is 43.8 Å². The summed E-state index contributed by atoms with van der Waals surface area (Å²) in [5.74, 6) is 0.103. The Morgan fingerprint density at radius 1 is 1.04 bits per heavy atom. The van der Waals surface area contributed by atoms with Gasteiger partial charge in [-0.2, -0.15) is 0 Å². The lowest BCUT2D eigenvalue weighted by Gasteiger charge is -2.17. The summed E-state index contributed by atoms with van der Waals surface area (Å²) in [6, 6.07) is 12.5. The lowest BCUT2D eigenvalue weighted by atomic mass is 10.2. The van der Waals surface area contributed by atoms with E-state index < -0.39 is 0 Å². The molecule has 6 nitrogen and oxygen atoms in total. The molecule has 138 valence electrons. The SMILES string of the molecule is COc1ccc(C)cc1NC(=O)CN(C)CC(=O)Nc1ccccc1Cl. The summed E-state index contributed by atoms with van der Waals surface area (Å²) in [6.07, 6.45) is 0. The molecular formula is C19H22ClN3O3. The molecule has 2 amide bonds. The number of carbonyl (C=O) groups is 2. The van der Waals surface area contributed by atoms with Gasteiger partial charge >= 0.3 is 0 Å². The molecule has 0 unspecified atom stereocenters. The average molecular weight is 376 g/mol. The largest absolute Gasteiger partial charge is 0.495 e. The van der Waals surface area contributed by atoms with Crippen molar-refractivity contribution in [2.45, 2.75) is 6.92 Å². The highest BCUT2D eigenvalue weighted by molar-refractivity contribution is 6.33. The van der Waals surface area contributed by atoms with Gasteiger partial charge in [-0.25, -0.2) is 0 Å². The molecule has 0 heterocycles. The first kappa shape index (κ1) is 19.8. The molecule has 0 aliphatic heterocycles. The normalized spacial score (nSPS) is 10.5. The van der Waals surface area contributed by atoms with E-state index in [0.717, 1.165) is 5.56 Å². The minimum absolute atomic E-state index is 0.0591. The highest BCUT2D eigenvalue weighted by Crippen LogP contribution is 2.25. The Morgan fingerprint density at radius 2 is 1.65 bits per heavy atom. The zero-order chi connectivity index (χ0) is 19.1. The number of benzene rings is 2. The number of hydrogen-bond acceptors (Lipinski definition) is 4. The number of likely N-dealkylation sites (N-methyl/N-ethyl adjacent to an activating group) is 1. The van der Waals surface area contributed by atoms with E-state index >= 15 is 0 Å². The smallest absolute Gasteiger partial charge is 0.238 e. The summed E-state index contributed by atoms with van der Waals surface area (Å²) >= 11 is 6.02. The Bertz CT molecular complexity index is 795. The van der Waals surface area contributed by atoms with E-state index in [0.29, 0.717) is 22.1 Å². The summed E-state index contributed by atoms with van der Waals surface area (Å²) in [4.78, 5) is 25.9. The number of nitrogens with one attached hydrogen (secondary N) is 2. The second-order valence-corrected chi connectivity index (χ2v) is 6.36. The zero-order valence-electron chi connectivity index (χ0n) is 15.0. The number of halogens is 1. The molecule has 0 radical (unpaired) electrons. The quantitative estimate of drug-likeness (QED) is 0.779. The van der Waals surface area contributed by atoms with E-state index in [1.165, 1.54) is 0 Å². The van der Waals surface area contributed by atoms with Crippen LogP contribution >= 0.6 is 11.6 Å². The maximum Gasteiger partial charge on any atom is 0.238 e. The number of aryl methyl sites for hydroxylation is 1. The number of anilines is 2. The molecule has 0 aliphatic rings. The van der Waals surface area contributed by atoms with E-state index in [9.17, 15) is 9.59 Å². The van der Waals surface area contributed by atoms with Gasteiger partial charge in [0, 0.05) is 0 Å². The van der Waals surface area contributed by atoms with Crippen molar-refractivity contribution >= 4 is 34.8 Å². The van der Waals surface area contributed by atoms with Crippen molar-refractivity contribution in [2.75, 3.05) is 37.9 Å². The van der Waals surface area contributed by atoms with Crippen LogP contribution in [0.4, 0.5) is 11.4 Å². The maximum atomic E-state index is 12.2. The van der Waals surface area contributed by atoms with Crippen LogP contribution in [0.3, 0.4) is 0 Å². The van der Waals surface area contributed by atoms with Crippen molar-refractivity contribution in [1.82, 2.24) is 4.90 Å². The number of hydrogen-bond donors (Lipinski definition) is 2. The van der Waals surface area contributed by atoms with Crippen molar-refractivity contribution < 1.29 is 14.3 Å². The van der Waals surface area contributed by atoms with Gasteiger partial charge < -0.3 is 15.4 Å². The van der Waals surface area contributed by atoms with Crippen molar-refractivity contribution in [3.63, 3.8) is 0 Å². The molecule has 0 fully saturated rings. The Kier molecular flexibility index (Phi) is 7.00. The van der Waals surface area contributed by atoms with Crippen LogP contribution in [0.5, 0.6) is 5.75 Å². The first-order valence-corrected chi connectivity index (χ1v) is 8.44. The van der Waals surface area contributed by atoms with Crippen LogP contribution in [-0.4, -0.2) is 44.0 Å².